The molecule has 0 radical (unpaired) electrons. The third kappa shape index (κ3) is 5.22. The third-order valence-electron chi connectivity index (χ3n) is 5.02. The smallest absolute Gasteiger partial charge is 0.227 e. The molecule has 0 bridgehead atoms. The van der Waals surface area contributed by atoms with Gasteiger partial charge in [-0.3, -0.25) is 4.79 Å². The van der Waals surface area contributed by atoms with Crippen LogP contribution in [0.5, 0.6) is 5.75 Å². The predicted molar refractivity (Wildman–Crippen MR) is 105 cm³/mol. The van der Waals surface area contributed by atoms with Crippen molar-refractivity contribution >= 4 is 5.91 Å². The van der Waals surface area contributed by atoms with Crippen LogP contribution in [0.25, 0.3) is 0 Å². The molecule has 1 aliphatic rings. The number of amides is 1. The van der Waals surface area contributed by atoms with Gasteiger partial charge in [-0.1, -0.05) is 54.1 Å². The number of hydrogen-bond donors (Lipinski definition) is 2. The molecule has 0 heterocycles. The third-order valence-corrected chi connectivity index (χ3v) is 5.02. The van der Waals surface area contributed by atoms with Gasteiger partial charge in [-0.15, -0.1) is 0 Å². The summed E-state index contributed by atoms with van der Waals surface area (Å²) < 4.78 is 0. The van der Waals surface area contributed by atoms with Crippen molar-refractivity contribution in [3.05, 3.63) is 77.4 Å². The molecule has 0 fully saturated rings. The van der Waals surface area contributed by atoms with Gasteiger partial charge in [-0.05, 0) is 61.8 Å². The first-order chi connectivity index (χ1) is 12.7. The summed E-state index contributed by atoms with van der Waals surface area (Å²) >= 11 is 0. The minimum absolute atomic E-state index is 0.0701. The van der Waals surface area contributed by atoms with Gasteiger partial charge < -0.3 is 10.4 Å². The SMILES string of the molecule is O=C(NCCC1=CCCCC1)[C@H](Cc1ccc(O)cc1)c1ccccc1. The minimum Gasteiger partial charge on any atom is -0.508 e. The molecule has 26 heavy (non-hydrogen) atoms. The normalized spacial score (nSPS) is 15.2. The molecule has 3 nitrogen and oxygen atoms in total. The Bertz CT molecular complexity index is 735. The molecule has 1 aliphatic carbocycles. The highest BCUT2D eigenvalue weighted by Crippen LogP contribution is 2.23. The highest BCUT2D eigenvalue weighted by Gasteiger charge is 2.21. The molecule has 0 spiro atoms. The predicted octanol–water partition coefficient (Wildman–Crippen LogP) is 4.73. The first-order valence-corrected chi connectivity index (χ1v) is 9.51. The standard InChI is InChI=1S/C23H27NO2/c25-21-13-11-19(12-14-21)17-22(20-9-5-2-6-10-20)23(26)24-16-15-18-7-3-1-4-8-18/h2,5-7,9-14,22,25H,1,3-4,8,15-17H2,(H,24,26)/t22-/m1/s1. The van der Waals surface area contributed by atoms with E-state index < -0.39 is 0 Å². The second-order valence-electron chi connectivity index (χ2n) is 6.98. The fraction of sp³-hybridized carbons (Fsp3) is 0.348. The average Bonchev–Trinajstić information content (AvgIpc) is 2.69. The molecular weight excluding hydrogens is 322 g/mol. The number of allylic oxidation sites excluding steroid dienone is 1. The van der Waals surface area contributed by atoms with Gasteiger partial charge in [0.15, 0.2) is 0 Å². The second-order valence-corrected chi connectivity index (χ2v) is 6.98. The highest BCUT2D eigenvalue weighted by atomic mass is 16.3. The molecule has 136 valence electrons. The number of rotatable bonds is 7. The maximum absolute atomic E-state index is 12.9. The molecule has 0 unspecified atom stereocenters. The molecule has 0 aromatic heterocycles. The molecule has 0 saturated heterocycles. The van der Waals surface area contributed by atoms with Gasteiger partial charge in [0.1, 0.15) is 5.75 Å². The van der Waals surface area contributed by atoms with E-state index in [1.807, 2.05) is 42.5 Å². The molecule has 2 aromatic rings. The van der Waals surface area contributed by atoms with E-state index in [-0.39, 0.29) is 17.6 Å². The Kier molecular flexibility index (Phi) is 6.48. The molecule has 2 N–H and O–H groups in total. The number of hydrogen-bond acceptors (Lipinski definition) is 2. The van der Waals surface area contributed by atoms with E-state index in [9.17, 15) is 9.90 Å². The van der Waals surface area contributed by atoms with Crippen molar-refractivity contribution in [3.63, 3.8) is 0 Å². The van der Waals surface area contributed by atoms with Crippen molar-refractivity contribution < 1.29 is 9.90 Å². The molecule has 1 amide bonds. The number of phenolic OH excluding ortho intramolecular Hbond substituents is 1. The van der Waals surface area contributed by atoms with Gasteiger partial charge >= 0.3 is 0 Å². The zero-order chi connectivity index (χ0) is 18.2. The van der Waals surface area contributed by atoms with Crippen LogP contribution in [0.3, 0.4) is 0 Å². The Hall–Kier alpha value is -2.55. The molecule has 1 atom stereocenters. The second kappa shape index (κ2) is 9.23. The van der Waals surface area contributed by atoms with E-state index in [0.29, 0.717) is 13.0 Å². The molecule has 2 aromatic carbocycles. The van der Waals surface area contributed by atoms with E-state index in [0.717, 1.165) is 17.5 Å². The number of carbonyl (C=O) groups excluding carboxylic acids is 1. The van der Waals surface area contributed by atoms with Gasteiger partial charge in [-0.2, -0.15) is 0 Å². The molecular formula is C23H27NO2. The maximum atomic E-state index is 12.9. The summed E-state index contributed by atoms with van der Waals surface area (Å²) in [5.74, 6) is 0.0944. The fourth-order valence-electron chi connectivity index (χ4n) is 3.52. The lowest BCUT2D eigenvalue weighted by atomic mass is 9.91. The van der Waals surface area contributed by atoms with Crippen LogP contribution in [0.2, 0.25) is 0 Å². The monoisotopic (exact) mass is 349 g/mol. The Morgan fingerprint density at radius 1 is 1.04 bits per heavy atom. The van der Waals surface area contributed by atoms with E-state index in [4.69, 9.17) is 0 Å². The van der Waals surface area contributed by atoms with E-state index in [1.54, 1.807) is 12.1 Å². The topological polar surface area (TPSA) is 49.3 Å². The van der Waals surface area contributed by atoms with Crippen LogP contribution in [0.15, 0.2) is 66.2 Å². The largest absolute Gasteiger partial charge is 0.508 e. The number of nitrogens with one attached hydrogen (secondary N) is 1. The summed E-state index contributed by atoms with van der Waals surface area (Å²) in [5, 5.41) is 12.6. The van der Waals surface area contributed by atoms with E-state index >= 15 is 0 Å². The average molecular weight is 349 g/mol. The van der Waals surface area contributed by atoms with E-state index in [1.165, 1.54) is 31.3 Å². The van der Waals surface area contributed by atoms with Crippen molar-refractivity contribution in [1.29, 1.82) is 0 Å². The van der Waals surface area contributed by atoms with Gasteiger partial charge in [0.25, 0.3) is 0 Å². The van der Waals surface area contributed by atoms with Crippen LogP contribution in [-0.2, 0) is 11.2 Å². The summed E-state index contributed by atoms with van der Waals surface area (Å²) in [4.78, 5) is 12.9. The first-order valence-electron chi connectivity index (χ1n) is 9.51. The van der Waals surface area contributed by atoms with Crippen LogP contribution < -0.4 is 5.32 Å². The Labute approximate surface area is 155 Å². The zero-order valence-electron chi connectivity index (χ0n) is 15.2. The number of benzene rings is 2. The van der Waals surface area contributed by atoms with Crippen molar-refractivity contribution in [2.45, 2.75) is 44.4 Å². The van der Waals surface area contributed by atoms with Gasteiger partial charge in [0.2, 0.25) is 5.91 Å². The first kappa shape index (κ1) is 18.2. The summed E-state index contributed by atoms with van der Waals surface area (Å²) in [6, 6.07) is 17.0. The summed E-state index contributed by atoms with van der Waals surface area (Å²) in [7, 11) is 0. The Morgan fingerprint density at radius 2 is 1.81 bits per heavy atom. The van der Waals surface area contributed by atoms with Gasteiger partial charge in [0, 0.05) is 6.54 Å². The number of aromatic hydroxyl groups is 1. The fourth-order valence-corrected chi connectivity index (χ4v) is 3.52. The molecule has 3 heteroatoms. The van der Waals surface area contributed by atoms with Crippen molar-refractivity contribution in [3.8, 4) is 5.75 Å². The molecule has 0 saturated carbocycles. The molecule has 3 rings (SSSR count). The summed E-state index contributed by atoms with van der Waals surface area (Å²) in [5.41, 5.74) is 3.54. The summed E-state index contributed by atoms with van der Waals surface area (Å²) in [6.45, 7) is 0.698. The van der Waals surface area contributed by atoms with Crippen molar-refractivity contribution in [1.82, 2.24) is 5.32 Å². The quantitative estimate of drug-likeness (QED) is 0.710. The molecule has 0 aliphatic heterocycles. The van der Waals surface area contributed by atoms with Crippen LogP contribution in [0, 0.1) is 0 Å². The maximum Gasteiger partial charge on any atom is 0.227 e. The van der Waals surface area contributed by atoms with Crippen LogP contribution >= 0.6 is 0 Å². The zero-order valence-corrected chi connectivity index (χ0v) is 15.2. The van der Waals surface area contributed by atoms with Gasteiger partial charge in [-0.25, -0.2) is 0 Å². The Morgan fingerprint density at radius 3 is 2.50 bits per heavy atom. The lowest BCUT2D eigenvalue weighted by molar-refractivity contribution is -0.122. The van der Waals surface area contributed by atoms with Crippen LogP contribution in [0.1, 0.15) is 49.1 Å². The Balaban J connectivity index is 1.65. The number of carbonyl (C=O) groups is 1. The summed E-state index contributed by atoms with van der Waals surface area (Å²) in [6.07, 6.45) is 8.82. The van der Waals surface area contributed by atoms with Crippen LogP contribution in [-0.4, -0.2) is 17.6 Å². The minimum atomic E-state index is -0.221. The van der Waals surface area contributed by atoms with Crippen LogP contribution in [0.4, 0.5) is 0 Å². The lowest BCUT2D eigenvalue weighted by Gasteiger charge is -2.19. The van der Waals surface area contributed by atoms with E-state index in [2.05, 4.69) is 11.4 Å². The van der Waals surface area contributed by atoms with Crippen molar-refractivity contribution in [2.75, 3.05) is 6.54 Å². The van der Waals surface area contributed by atoms with Crippen molar-refractivity contribution in [2.24, 2.45) is 0 Å². The lowest BCUT2D eigenvalue weighted by Crippen LogP contribution is -2.31. The number of phenols is 1. The highest BCUT2D eigenvalue weighted by molar-refractivity contribution is 5.84. The van der Waals surface area contributed by atoms with Gasteiger partial charge in [0.05, 0.1) is 5.92 Å².